The van der Waals surface area contributed by atoms with Crippen molar-refractivity contribution in [3.8, 4) is 0 Å². The van der Waals surface area contributed by atoms with E-state index in [0.29, 0.717) is 0 Å². The Morgan fingerprint density at radius 1 is 0.679 bits per heavy atom. The highest BCUT2D eigenvalue weighted by Crippen LogP contribution is 2.19. The maximum absolute atomic E-state index is 11.4. The molecule has 0 fully saturated rings. The molecule has 0 atom stereocenters. The van der Waals surface area contributed by atoms with E-state index in [2.05, 4.69) is 31.0 Å². The van der Waals surface area contributed by atoms with E-state index < -0.39 is 51.7 Å². The standard InChI is InChI=1S/C6H6F6O2.C6H12O6S2/c1-4(2-13-5(7,8)9)3-14-6(10,11)12;1-6(4-11-13(2,7)8)5-12-14(3,9)10/h1-3H2;1,4-5H2,2-3H3. The highest BCUT2D eigenvalue weighted by atomic mass is 32.2. The largest absolute Gasteiger partial charge is 0.522 e. The lowest BCUT2D eigenvalue weighted by Gasteiger charge is -2.11. The molecule has 0 aromatic heterocycles. The third-order valence-electron chi connectivity index (χ3n) is 1.83. The number of rotatable bonds is 10. The third kappa shape index (κ3) is 27.0. The second kappa shape index (κ2) is 11.7. The van der Waals surface area contributed by atoms with Gasteiger partial charge in [-0.3, -0.25) is 17.8 Å². The summed E-state index contributed by atoms with van der Waals surface area (Å²) in [5.41, 5.74) is -0.236. The Hall–Kier alpha value is -1.20. The average Bonchev–Trinajstić information content (AvgIpc) is 2.44. The van der Waals surface area contributed by atoms with Crippen LogP contribution in [0.4, 0.5) is 26.3 Å². The van der Waals surface area contributed by atoms with Crippen molar-refractivity contribution in [3.05, 3.63) is 24.3 Å². The predicted molar refractivity (Wildman–Crippen MR) is 83.9 cm³/mol. The molecule has 0 aliphatic rings. The van der Waals surface area contributed by atoms with Crippen molar-refractivity contribution in [1.82, 2.24) is 0 Å². The Labute approximate surface area is 157 Å². The number of hydrogen-bond acceptors (Lipinski definition) is 8. The van der Waals surface area contributed by atoms with Crippen LogP contribution < -0.4 is 0 Å². The monoisotopic (exact) mass is 468 g/mol. The summed E-state index contributed by atoms with van der Waals surface area (Å²) in [7, 11) is -7.08. The van der Waals surface area contributed by atoms with Gasteiger partial charge in [-0.05, 0) is 11.1 Å². The third-order valence-corrected chi connectivity index (χ3v) is 2.93. The molecular formula is C12H18F6O8S2. The van der Waals surface area contributed by atoms with Crippen LogP contribution in [0.3, 0.4) is 0 Å². The first kappa shape index (κ1) is 29.0. The van der Waals surface area contributed by atoms with Crippen LogP contribution in [0.15, 0.2) is 24.3 Å². The van der Waals surface area contributed by atoms with E-state index in [1.807, 2.05) is 0 Å². The molecule has 0 saturated carbocycles. The summed E-state index contributed by atoms with van der Waals surface area (Å²) < 4.78 is 125. The molecule has 0 amide bonds. The lowest BCUT2D eigenvalue weighted by Crippen LogP contribution is -2.20. The molecule has 0 aliphatic heterocycles. The zero-order valence-corrected chi connectivity index (χ0v) is 16.2. The molecule has 16 heteroatoms. The Morgan fingerprint density at radius 2 is 0.929 bits per heavy atom. The van der Waals surface area contributed by atoms with Crippen LogP contribution in [-0.4, -0.2) is 68.5 Å². The molecule has 0 spiro atoms. The van der Waals surface area contributed by atoms with Gasteiger partial charge in [0.15, 0.2) is 0 Å². The van der Waals surface area contributed by atoms with Gasteiger partial charge in [0, 0.05) is 0 Å². The Balaban J connectivity index is 0. The van der Waals surface area contributed by atoms with Crippen LogP contribution >= 0.6 is 0 Å². The molecule has 0 heterocycles. The zero-order chi connectivity index (χ0) is 22.8. The van der Waals surface area contributed by atoms with Gasteiger partial charge in [-0.25, -0.2) is 0 Å². The first-order chi connectivity index (χ1) is 12.2. The highest BCUT2D eigenvalue weighted by Gasteiger charge is 2.31. The molecule has 0 aromatic rings. The SMILES string of the molecule is C=C(COC(F)(F)F)COC(F)(F)F.C=C(COS(C)(=O)=O)COS(C)(=O)=O. The summed E-state index contributed by atoms with van der Waals surface area (Å²) in [6.45, 7) is 3.61. The summed E-state index contributed by atoms with van der Waals surface area (Å²) in [6.07, 6.45) is -8.00. The van der Waals surface area contributed by atoms with Gasteiger partial charge in [-0.15, -0.1) is 26.3 Å². The molecule has 28 heavy (non-hydrogen) atoms. The molecule has 0 aromatic carbocycles. The van der Waals surface area contributed by atoms with Crippen LogP contribution in [0.25, 0.3) is 0 Å². The van der Waals surface area contributed by atoms with Gasteiger partial charge >= 0.3 is 12.7 Å². The van der Waals surface area contributed by atoms with Crippen molar-refractivity contribution in [1.29, 1.82) is 0 Å². The fourth-order valence-electron chi connectivity index (χ4n) is 0.832. The summed E-state index contributed by atoms with van der Waals surface area (Å²) >= 11 is 0. The minimum Gasteiger partial charge on any atom is -0.287 e. The number of halogens is 6. The van der Waals surface area contributed by atoms with Crippen molar-refractivity contribution < 1.29 is 61.0 Å². The summed E-state index contributed by atoms with van der Waals surface area (Å²) in [6, 6.07) is 0. The van der Waals surface area contributed by atoms with Gasteiger partial charge < -0.3 is 0 Å². The molecule has 8 nitrogen and oxygen atoms in total. The maximum Gasteiger partial charge on any atom is 0.522 e. The number of alkyl halides is 6. The minimum atomic E-state index is -4.89. The molecular weight excluding hydrogens is 450 g/mol. The van der Waals surface area contributed by atoms with Gasteiger partial charge in [0.1, 0.15) is 0 Å². The molecule has 0 rings (SSSR count). The first-order valence-corrected chi connectivity index (χ1v) is 10.3. The lowest BCUT2D eigenvalue weighted by molar-refractivity contribution is -0.328. The lowest BCUT2D eigenvalue weighted by atomic mass is 10.3. The quantitative estimate of drug-likeness (QED) is 0.273. The smallest absolute Gasteiger partial charge is 0.287 e. The van der Waals surface area contributed by atoms with E-state index in [-0.39, 0.29) is 18.8 Å². The minimum absolute atomic E-state index is 0.223. The van der Waals surface area contributed by atoms with Crippen molar-refractivity contribution in [2.45, 2.75) is 12.7 Å². The van der Waals surface area contributed by atoms with Gasteiger partial charge in [0.25, 0.3) is 20.2 Å². The van der Waals surface area contributed by atoms with Crippen LogP contribution in [-0.2, 0) is 38.1 Å². The topological polar surface area (TPSA) is 105 Å². The van der Waals surface area contributed by atoms with E-state index in [1.165, 1.54) is 0 Å². The van der Waals surface area contributed by atoms with Gasteiger partial charge in [-0.1, -0.05) is 13.2 Å². The molecule has 0 aliphatic carbocycles. The second-order valence-electron chi connectivity index (χ2n) is 4.90. The molecule has 168 valence electrons. The average molecular weight is 468 g/mol. The van der Waals surface area contributed by atoms with Crippen LogP contribution in [0.2, 0.25) is 0 Å². The molecule has 0 radical (unpaired) electrons. The van der Waals surface area contributed by atoms with Crippen molar-refractivity contribution in [2.24, 2.45) is 0 Å². The summed E-state index contributed by atoms with van der Waals surface area (Å²) in [4.78, 5) is 0. The van der Waals surface area contributed by atoms with Crippen LogP contribution in [0, 0.1) is 0 Å². The molecule has 0 bridgehead atoms. The predicted octanol–water partition coefficient (Wildman–Crippen LogP) is 2.11. The van der Waals surface area contributed by atoms with Crippen molar-refractivity contribution >= 4 is 20.2 Å². The van der Waals surface area contributed by atoms with Crippen molar-refractivity contribution in [3.63, 3.8) is 0 Å². The van der Waals surface area contributed by atoms with Crippen molar-refractivity contribution in [2.75, 3.05) is 38.9 Å². The van der Waals surface area contributed by atoms with Crippen LogP contribution in [0.1, 0.15) is 0 Å². The van der Waals surface area contributed by atoms with Gasteiger partial charge in [0.05, 0.1) is 38.9 Å². The molecule has 0 N–H and O–H groups in total. The first-order valence-electron chi connectivity index (χ1n) is 6.63. The van der Waals surface area contributed by atoms with Crippen LogP contribution in [0.5, 0.6) is 0 Å². The molecule has 0 unspecified atom stereocenters. The van der Waals surface area contributed by atoms with E-state index in [4.69, 9.17) is 0 Å². The summed E-state index contributed by atoms with van der Waals surface area (Å²) in [5, 5.41) is 0. The normalized spacial score (nSPS) is 12.9. The fourth-order valence-corrected chi connectivity index (χ4v) is 1.59. The fraction of sp³-hybridized carbons (Fsp3) is 0.667. The summed E-state index contributed by atoms with van der Waals surface area (Å²) in [5.74, 6) is 0. The van der Waals surface area contributed by atoms with E-state index in [0.717, 1.165) is 12.5 Å². The van der Waals surface area contributed by atoms with Gasteiger partial charge in [0.2, 0.25) is 0 Å². The highest BCUT2D eigenvalue weighted by molar-refractivity contribution is 7.86. The van der Waals surface area contributed by atoms with E-state index in [1.54, 1.807) is 0 Å². The maximum atomic E-state index is 11.4. The second-order valence-corrected chi connectivity index (χ2v) is 8.19. The van der Waals surface area contributed by atoms with E-state index >= 15 is 0 Å². The number of hydrogen-bond donors (Lipinski definition) is 0. The Kier molecular flexibility index (Phi) is 12.1. The van der Waals surface area contributed by atoms with E-state index in [9.17, 15) is 43.2 Å². The zero-order valence-electron chi connectivity index (χ0n) is 14.6. The Morgan fingerprint density at radius 3 is 1.14 bits per heavy atom. The van der Waals surface area contributed by atoms with Gasteiger partial charge in [-0.2, -0.15) is 16.8 Å². The Bertz CT molecular complexity index is 651. The molecule has 0 saturated heterocycles. The number of ether oxygens (including phenoxy) is 2.